The molecule has 124 valence electrons. The zero-order valence-electron chi connectivity index (χ0n) is 13.6. The predicted molar refractivity (Wildman–Crippen MR) is 101 cm³/mol. The molecule has 0 aliphatic heterocycles. The van der Waals surface area contributed by atoms with E-state index in [1.807, 2.05) is 35.7 Å². The van der Waals surface area contributed by atoms with Crippen LogP contribution in [0.4, 0.5) is 0 Å². The highest BCUT2D eigenvalue weighted by Gasteiger charge is 2.11. The molecule has 4 nitrogen and oxygen atoms in total. The highest BCUT2D eigenvalue weighted by atomic mass is 32.1. The van der Waals surface area contributed by atoms with Crippen LogP contribution in [0, 0.1) is 0 Å². The number of hydrogen-bond acceptors (Lipinski definition) is 4. The van der Waals surface area contributed by atoms with Crippen molar-refractivity contribution in [2.24, 2.45) is 4.99 Å². The third-order valence-electron chi connectivity index (χ3n) is 3.47. The van der Waals surface area contributed by atoms with Crippen molar-refractivity contribution in [1.82, 2.24) is 4.57 Å². The molecule has 3 rings (SSSR count). The normalized spacial score (nSPS) is 12.3. The number of aromatic nitrogens is 1. The van der Waals surface area contributed by atoms with Crippen LogP contribution >= 0.6 is 22.7 Å². The maximum absolute atomic E-state index is 12.2. The summed E-state index contributed by atoms with van der Waals surface area (Å²) in [6, 6.07) is 9.84. The van der Waals surface area contributed by atoms with Crippen molar-refractivity contribution in [2.75, 3.05) is 7.11 Å². The molecule has 2 heterocycles. The first kappa shape index (κ1) is 16.7. The highest BCUT2D eigenvalue weighted by molar-refractivity contribution is 7.16. The molecule has 0 aliphatic carbocycles. The van der Waals surface area contributed by atoms with Crippen LogP contribution in [0.3, 0.4) is 0 Å². The molecule has 2 aromatic heterocycles. The van der Waals surface area contributed by atoms with E-state index >= 15 is 0 Å². The molecule has 0 aliphatic rings. The van der Waals surface area contributed by atoms with E-state index in [2.05, 4.69) is 16.5 Å². The number of rotatable bonds is 5. The molecule has 0 atom stereocenters. The lowest BCUT2D eigenvalue weighted by atomic mass is 10.3. The first-order chi connectivity index (χ1) is 11.7. The molecule has 0 radical (unpaired) electrons. The average molecular weight is 358 g/mol. The fourth-order valence-corrected chi connectivity index (χ4v) is 4.15. The molecule has 24 heavy (non-hydrogen) atoms. The van der Waals surface area contributed by atoms with Gasteiger partial charge in [0.1, 0.15) is 11.3 Å². The van der Waals surface area contributed by atoms with Crippen LogP contribution in [0.25, 0.3) is 16.3 Å². The van der Waals surface area contributed by atoms with Gasteiger partial charge in [0.05, 0.1) is 11.8 Å². The number of thiophene rings is 1. The number of nitrogens with zero attached hydrogens (tertiary/aromatic N) is 2. The van der Waals surface area contributed by atoms with Crippen molar-refractivity contribution in [1.29, 1.82) is 0 Å². The zero-order valence-corrected chi connectivity index (χ0v) is 15.2. The van der Waals surface area contributed by atoms with E-state index < -0.39 is 0 Å². The Hall–Kier alpha value is -2.18. The lowest BCUT2D eigenvalue weighted by Gasteiger charge is -2.06. The van der Waals surface area contributed by atoms with E-state index in [0.29, 0.717) is 4.80 Å². The first-order valence-electron chi connectivity index (χ1n) is 7.69. The number of carbonyl (C=O) groups is 1. The van der Waals surface area contributed by atoms with Crippen molar-refractivity contribution in [2.45, 2.75) is 19.9 Å². The maximum atomic E-state index is 12.2. The zero-order chi connectivity index (χ0) is 16.9. The van der Waals surface area contributed by atoms with E-state index in [0.717, 1.165) is 33.8 Å². The molecule has 0 saturated heterocycles. The summed E-state index contributed by atoms with van der Waals surface area (Å²) in [5.41, 5.74) is 1.00. The topological polar surface area (TPSA) is 43.6 Å². The molecule has 0 spiro atoms. The molecular formula is C18H18N2O2S2. The van der Waals surface area contributed by atoms with Gasteiger partial charge in [-0.25, -0.2) is 0 Å². The van der Waals surface area contributed by atoms with Crippen LogP contribution in [-0.4, -0.2) is 17.6 Å². The summed E-state index contributed by atoms with van der Waals surface area (Å²) in [6.07, 6.45) is 4.27. The number of aryl methyl sites for hydroxylation is 1. The van der Waals surface area contributed by atoms with Crippen molar-refractivity contribution >= 4 is 44.9 Å². The van der Waals surface area contributed by atoms with Gasteiger partial charge in [0.2, 0.25) is 0 Å². The Morgan fingerprint density at radius 1 is 1.33 bits per heavy atom. The second-order valence-electron chi connectivity index (χ2n) is 5.14. The third-order valence-corrected chi connectivity index (χ3v) is 5.35. The number of para-hydroxylation sites is 1. The summed E-state index contributed by atoms with van der Waals surface area (Å²) in [5.74, 6) is 0.555. The van der Waals surface area contributed by atoms with Gasteiger partial charge in [-0.1, -0.05) is 30.4 Å². The standard InChI is InChI=1S/C18H18N2O2S2/c1-3-11-20-17-14(22-2)7-4-8-15(17)24-18(20)19-16(21)10-9-13-6-5-12-23-13/h4-10,12H,3,11H2,1-2H3. The number of methoxy groups -OCH3 is 1. The molecule has 0 bridgehead atoms. The maximum Gasteiger partial charge on any atom is 0.272 e. The van der Waals surface area contributed by atoms with Crippen LogP contribution in [0.1, 0.15) is 18.2 Å². The summed E-state index contributed by atoms with van der Waals surface area (Å²) >= 11 is 3.10. The molecule has 1 aromatic carbocycles. The molecule has 6 heteroatoms. The second kappa shape index (κ2) is 7.59. The Kier molecular flexibility index (Phi) is 5.27. The van der Waals surface area contributed by atoms with E-state index in [-0.39, 0.29) is 5.91 Å². The fourth-order valence-electron chi connectivity index (χ4n) is 2.45. The van der Waals surface area contributed by atoms with Crippen LogP contribution in [-0.2, 0) is 11.3 Å². The van der Waals surface area contributed by atoms with E-state index in [1.165, 1.54) is 17.4 Å². The van der Waals surface area contributed by atoms with Gasteiger partial charge in [0, 0.05) is 17.5 Å². The summed E-state index contributed by atoms with van der Waals surface area (Å²) in [4.78, 5) is 18.2. The minimum Gasteiger partial charge on any atom is -0.495 e. The van der Waals surface area contributed by atoms with Crippen LogP contribution in [0.15, 0.2) is 46.8 Å². The van der Waals surface area contributed by atoms with E-state index in [1.54, 1.807) is 24.5 Å². The van der Waals surface area contributed by atoms with Gasteiger partial charge in [-0.15, -0.1) is 11.3 Å². The number of thiazole rings is 1. The quantitative estimate of drug-likeness (QED) is 0.637. The predicted octanol–water partition coefficient (Wildman–Crippen LogP) is 4.32. The third kappa shape index (κ3) is 3.49. The van der Waals surface area contributed by atoms with E-state index in [9.17, 15) is 4.79 Å². The summed E-state index contributed by atoms with van der Waals surface area (Å²) in [7, 11) is 1.66. The average Bonchev–Trinajstić information content (AvgIpc) is 3.21. The second-order valence-corrected chi connectivity index (χ2v) is 7.13. The van der Waals surface area contributed by atoms with Crippen molar-refractivity contribution < 1.29 is 9.53 Å². The minimum absolute atomic E-state index is 0.251. The number of benzene rings is 1. The number of ether oxygens (including phenoxy) is 1. The molecule has 0 fully saturated rings. The Morgan fingerprint density at radius 2 is 2.21 bits per heavy atom. The first-order valence-corrected chi connectivity index (χ1v) is 9.39. The summed E-state index contributed by atoms with van der Waals surface area (Å²) in [5, 5.41) is 1.98. The van der Waals surface area contributed by atoms with Gasteiger partial charge in [0.25, 0.3) is 5.91 Å². The van der Waals surface area contributed by atoms with Crippen molar-refractivity contribution in [3.63, 3.8) is 0 Å². The van der Waals surface area contributed by atoms with Crippen molar-refractivity contribution in [3.05, 3.63) is 51.5 Å². The highest BCUT2D eigenvalue weighted by Crippen LogP contribution is 2.27. The lowest BCUT2D eigenvalue weighted by molar-refractivity contribution is -0.113. The number of carbonyl (C=O) groups excluding carboxylic acids is 1. The molecular weight excluding hydrogens is 340 g/mol. The van der Waals surface area contributed by atoms with E-state index in [4.69, 9.17) is 4.74 Å². The number of amides is 1. The van der Waals surface area contributed by atoms with Crippen LogP contribution in [0.5, 0.6) is 5.75 Å². The Balaban J connectivity index is 2.04. The van der Waals surface area contributed by atoms with Gasteiger partial charge in [-0.05, 0) is 36.1 Å². The van der Waals surface area contributed by atoms with Gasteiger partial charge >= 0.3 is 0 Å². The van der Waals surface area contributed by atoms with Crippen molar-refractivity contribution in [3.8, 4) is 5.75 Å². The Labute approximate surface area is 148 Å². The van der Waals surface area contributed by atoms with Gasteiger partial charge < -0.3 is 9.30 Å². The molecule has 0 N–H and O–H groups in total. The smallest absolute Gasteiger partial charge is 0.272 e. The Bertz CT molecular complexity index is 934. The summed E-state index contributed by atoms with van der Waals surface area (Å²) in [6.45, 7) is 2.90. The minimum atomic E-state index is -0.251. The largest absolute Gasteiger partial charge is 0.495 e. The summed E-state index contributed by atoms with van der Waals surface area (Å²) < 4.78 is 8.61. The Morgan fingerprint density at radius 3 is 2.92 bits per heavy atom. The van der Waals surface area contributed by atoms with Gasteiger partial charge in [-0.3, -0.25) is 4.79 Å². The monoisotopic (exact) mass is 358 g/mol. The number of fused-ring (bicyclic) bond motifs is 1. The van der Waals surface area contributed by atoms with Crippen LogP contribution < -0.4 is 9.54 Å². The van der Waals surface area contributed by atoms with Gasteiger partial charge in [0.15, 0.2) is 4.80 Å². The van der Waals surface area contributed by atoms with Gasteiger partial charge in [-0.2, -0.15) is 4.99 Å². The molecule has 3 aromatic rings. The molecule has 0 unspecified atom stereocenters. The fraction of sp³-hybridized carbons (Fsp3) is 0.222. The number of hydrogen-bond donors (Lipinski definition) is 0. The van der Waals surface area contributed by atoms with Crippen LogP contribution in [0.2, 0.25) is 0 Å². The lowest BCUT2D eigenvalue weighted by Crippen LogP contribution is -2.16. The molecule has 0 saturated carbocycles. The molecule has 1 amide bonds. The SMILES string of the molecule is CCCn1c(=NC(=O)C=Cc2cccs2)sc2cccc(OC)c21.